The summed E-state index contributed by atoms with van der Waals surface area (Å²) in [5.41, 5.74) is 6.76. The van der Waals surface area contributed by atoms with Crippen LogP contribution < -0.4 is 19.7 Å². The van der Waals surface area contributed by atoms with Crippen molar-refractivity contribution in [2.45, 2.75) is 56.8 Å². The fourth-order valence-corrected chi connectivity index (χ4v) is 8.62. The first-order valence-corrected chi connectivity index (χ1v) is 20.3. The van der Waals surface area contributed by atoms with E-state index in [1.165, 1.54) is 0 Å². The third-order valence-corrected chi connectivity index (χ3v) is 12.0. The van der Waals surface area contributed by atoms with Crippen LogP contribution in [0.1, 0.15) is 58.5 Å². The maximum absolute atomic E-state index is 13.3. The van der Waals surface area contributed by atoms with E-state index in [0.29, 0.717) is 17.0 Å². The summed E-state index contributed by atoms with van der Waals surface area (Å²) < 4.78 is 12.3. The van der Waals surface area contributed by atoms with Gasteiger partial charge in [-0.15, -0.1) is 0 Å². The number of nitrogens with one attached hydrogen (secondary N) is 2. The molecule has 2 N–H and O–H groups in total. The van der Waals surface area contributed by atoms with E-state index >= 15 is 0 Å². The van der Waals surface area contributed by atoms with Crippen molar-refractivity contribution in [1.29, 1.82) is 0 Å². The number of hydrogen-bond acceptors (Lipinski definition) is 11. The number of aryl methyl sites for hydroxylation is 1. The van der Waals surface area contributed by atoms with Gasteiger partial charge in [-0.05, 0) is 79.9 Å². The van der Waals surface area contributed by atoms with Gasteiger partial charge in [-0.2, -0.15) is 0 Å². The Morgan fingerprint density at radius 3 is 2.36 bits per heavy atom. The molecule has 298 valence electrons. The third-order valence-electron chi connectivity index (χ3n) is 12.0. The number of carbonyl (C=O) groups is 4. The number of fused-ring (bicyclic) bond motifs is 4. The van der Waals surface area contributed by atoms with Crippen LogP contribution in [-0.2, 0) is 16.0 Å². The quantitative estimate of drug-likeness (QED) is 0.164. The zero-order valence-electron chi connectivity index (χ0n) is 32.3. The van der Waals surface area contributed by atoms with Crippen LogP contribution in [0.5, 0.6) is 11.6 Å². The first kappa shape index (κ1) is 36.7. The molecule has 1 saturated carbocycles. The van der Waals surface area contributed by atoms with E-state index in [0.717, 1.165) is 113 Å². The van der Waals surface area contributed by atoms with Gasteiger partial charge < -0.3 is 19.4 Å². The number of pyridine rings is 3. The third kappa shape index (κ3) is 7.24. The van der Waals surface area contributed by atoms with E-state index in [9.17, 15) is 19.2 Å². The molecular formula is C45H42N8O6. The van der Waals surface area contributed by atoms with Crippen LogP contribution >= 0.6 is 0 Å². The highest BCUT2D eigenvalue weighted by Gasteiger charge is 2.45. The summed E-state index contributed by atoms with van der Waals surface area (Å²) in [6, 6.07) is 20.7. The Balaban J connectivity index is 0.642. The number of amides is 4. The fraction of sp³-hybridized carbons (Fsp3) is 0.311. The van der Waals surface area contributed by atoms with Crippen molar-refractivity contribution in [2.24, 2.45) is 0 Å². The summed E-state index contributed by atoms with van der Waals surface area (Å²) in [7, 11) is 0. The van der Waals surface area contributed by atoms with E-state index in [-0.39, 0.29) is 31.0 Å². The Morgan fingerprint density at radius 2 is 1.56 bits per heavy atom. The number of carbonyl (C=O) groups excluding carboxylic acids is 4. The van der Waals surface area contributed by atoms with Gasteiger partial charge in [0, 0.05) is 109 Å². The standard InChI is InChI=1S/C45H42N8O6/c54-41-11-10-40(43(55)50-41)53-44(56)35-9-6-30(21-36(35)45(53)57)52-18-16-51(17-19-52)15-1-2-29-5-7-31(25-47-29)58-32-22-33(23-32)59-42-12-4-28(24-48-42)27-3-8-34-37-26-46-14-13-38(37)49-39(34)20-27/h3-9,12-14,20-21,24-26,32-33,40,49H,1-2,10-11,15-19,22-23H2,(H,50,54,55)/t32-,33-,40?. The minimum atomic E-state index is -0.969. The number of nitrogens with zero attached hydrogens (tertiary/aromatic N) is 6. The number of H-pyrrole nitrogens is 1. The number of piperidine rings is 1. The Hall–Kier alpha value is -6.67. The number of anilines is 1. The molecule has 2 saturated heterocycles. The highest BCUT2D eigenvalue weighted by molar-refractivity contribution is 6.23. The number of piperazine rings is 1. The minimum Gasteiger partial charge on any atom is -0.489 e. The number of imide groups is 2. The molecule has 1 unspecified atom stereocenters. The number of aromatic nitrogens is 4. The van der Waals surface area contributed by atoms with Gasteiger partial charge in [0.2, 0.25) is 17.7 Å². The zero-order chi connectivity index (χ0) is 40.0. The first-order valence-electron chi connectivity index (χ1n) is 20.3. The van der Waals surface area contributed by atoms with Gasteiger partial charge in [0.25, 0.3) is 11.8 Å². The van der Waals surface area contributed by atoms with E-state index in [1.807, 2.05) is 55.0 Å². The van der Waals surface area contributed by atoms with Crippen molar-refractivity contribution < 1.29 is 28.7 Å². The summed E-state index contributed by atoms with van der Waals surface area (Å²) in [6.45, 7) is 4.29. The predicted octanol–water partition coefficient (Wildman–Crippen LogP) is 5.32. The van der Waals surface area contributed by atoms with Crippen LogP contribution in [0.3, 0.4) is 0 Å². The maximum atomic E-state index is 13.3. The van der Waals surface area contributed by atoms with Crippen LogP contribution in [-0.4, -0.2) is 104 Å². The average Bonchev–Trinajstić information content (AvgIpc) is 3.74. The van der Waals surface area contributed by atoms with Crippen molar-refractivity contribution in [2.75, 3.05) is 37.6 Å². The lowest BCUT2D eigenvalue weighted by Gasteiger charge is -2.36. The summed E-state index contributed by atoms with van der Waals surface area (Å²) in [5, 5.41) is 4.51. The molecule has 0 spiro atoms. The Morgan fingerprint density at radius 1 is 0.729 bits per heavy atom. The van der Waals surface area contributed by atoms with Crippen molar-refractivity contribution in [1.82, 2.24) is 35.1 Å². The summed E-state index contributed by atoms with van der Waals surface area (Å²) in [4.78, 5) is 73.0. The number of hydrogen-bond donors (Lipinski definition) is 2. The highest BCUT2D eigenvalue weighted by Crippen LogP contribution is 2.33. The highest BCUT2D eigenvalue weighted by atomic mass is 16.5. The topological polar surface area (TPSA) is 163 Å². The van der Waals surface area contributed by atoms with Crippen LogP contribution in [0.4, 0.5) is 5.69 Å². The van der Waals surface area contributed by atoms with Crippen LogP contribution in [0.2, 0.25) is 0 Å². The monoisotopic (exact) mass is 790 g/mol. The molecular weight excluding hydrogens is 749 g/mol. The summed E-state index contributed by atoms with van der Waals surface area (Å²) in [6.07, 6.45) is 11.2. The van der Waals surface area contributed by atoms with E-state index < -0.39 is 23.8 Å². The molecule has 3 aliphatic heterocycles. The number of benzene rings is 2. The van der Waals surface area contributed by atoms with Gasteiger partial charge in [0.1, 0.15) is 24.0 Å². The largest absolute Gasteiger partial charge is 0.489 e. The van der Waals surface area contributed by atoms with Gasteiger partial charge in [0.05, 0.1) is 17.3 Å². The lowest BCUT2D eigenvalue weighted by molar-refractivity contribution is -0.136. The van der Waals surface area contributed by atoms with Gasteiger partial charge in [-0.3, -0.25) is 44.3 Å². The van der Waals surface area contributed by atoms with Crippen LogP contribution in [0.25, 0.3) is 32.9 Å². The normalized spacial score (nSPS) is 20.8. The second-order valence-electron chi connectivity index (χ2n) is 15.7. The van der Waals surface area contributed by atoms with Crippen molar-refractivity contribution in [3.8, 4) is 22.8 Å². The van der Waals surface area contributed by atoms with E-state index in [2.05, 4.69) is 53.3 Å². The predicted molar refractivity (Wildman–Crippen MR) is 219 cm³/mol. The molecule has 3 fully saturated rings. The lowest BCUT2D eigenvalue weighted by atomic mass is 9.92. The minimum absolute atomic E-state index is 0.0601. The van der Waals surface area contributed by atoms with E-state index in [4.69, 9.17) is 9.47 Å². The molecule has 4 amide bonds. The van der Waals surface area contributed by atoms with Gasteiger partial charge >= 0.3 is 0 Å². The molecule has 2 aromatic carbocycles. The van der Waals surface area contributed by atoms with Crippen molar-refractivity contribution in [3.63, 3.8) is 0 Å². The van der Waals surface area contributed by atoms with Crippen molar-refractivity contribution in [3.05, 3.63) is 108 Å². The Kier molecular flexibility index (Phi) is 9.48. The smallest absolute Gasteiger partial charge is 0.262 e. The first-order chi connectivity index (χ1) is 28.8. The molecule has 1 aliphatic carbocycles. The zero-order valence-corrected chi connectivity index (χ0v) is 32.3. The Labute approximate surface area is 339 Å². The van der Waals surface area contributed by atoms with Crippen LogP contribution in [0.15, 0.2) is 91.5 Å². The SMILES string of the molecule is O=C1CCC(N2C(=O)c3ccc(N4CCN(CCCc5ccc(O[C@H]6C[C@H](Oc7ccc(-c8ccc9c(c8)[nH]c8ccncc89)cn7)C6)cn5)CC4)cc3C2=O)C(=O)N1. The molecule has 14 nitrogen and oxygen atoms in total. The van der Waals surface area contributed by atoms with Gasteiger partial charge in [-0.25, -0.2) is 4.98 Å². The van der Waals surface area contributed by atoms with E-state index in [1.54, 1.807) is 18.3 Å². The number of aromatic amines is 1. The summed E-state index contributed by atoms with van der Waals surface area (Å²) in [5.74, 6) is -0.594. The Bertz CT molecular complexity index is 2600. The fourth-order valence-electron chi connectivity index (χ4n) is 8.62. The molecule has 59 heavy (non-hydrogen) atoms. The molecule has 14 heteroatoms. The van der Waals surface area contributed by atoms with Crippen LogP contribution in [0, 0.1) is 0 Å². The lowest BCUT2D eigenvalue weighted by Crippen LogP contribution is -2.54. The number of rotatable bonds is 11. The summed E-state index contributed by atoms with van der Waals surface area (Å²) >= 11 is 0. The average molecular weight is 791 g/mol. The maximum Gasteiger partial charge on any atom is 0.262 e. The molecule has 1 atom stereocenters. The molecule has 6 aromatic rings. The molecule has 4 aliphatic rings. The molecule has 4 aromatic heterocycles. The second kappa shape index (κ2) is 15.3. The second-order valence-corrected chi connectivity index (χ2v) is 15.7. The van der Waals surface area contributed by atoms with Crippen molar-refractivity contribution >= 4 is 51.1 Å². The molecule has 10 rings (SSSR count). The molecule has 0 bridgehead atoms. The molecule has 0 radical (unpaired) electrons. The van der Waals surface area contributed by atoms with Gasteiger partial charge in [-0.1, -0.05) is 12.1 Å². The van der Waals surface area contributed by atoms with Gasteiger partial charge in [0.15, 0.2) is 0 Å². The number of ether oxygens (including phenoxy) is 2. The molecule has 7 heterocycles.